The first kappa shape index (κ1) is 13.1. The summed E-state index contributed by atoms with van der Waals surface area (Å²) in [5.41, 5.74) is 2.19. The van der Waals surface area contributed by atoms with E-state index in [1.54, 1.807) is 0 Å². The molecule has 0 spiro atoms. The maximum atomic E-state index is 11.8. The summed E-state index contributed by atoms with van der Waals surface area (Å²) in [7, 11) is 0. The van der Waals surface area contributed by atoms with E-state index in [0.717, 1.165) is 30.9 Å². The molecule has 98 valence electrons. The van der Waals surface area contributed by atoms with Crippen molar-refractivity contribution in [1.29, 1.82) is 0 Å². The Kier molecular flexibility index (Phi) is 4.80. The highest BCUT2D eigenvalue weighted by molar-refractivity contribution is 5.94. The van der Waals surface area contributed by atoms with Crippen molar-refractivity contribution in [2.45, 2.75) is 51.4 Å². The molecule has 1 saturated carbocycles. The van der Waals surface area contributed by atoms with Gasteiger partial charge in [0.15, 0.2) is 0 Å². The van der Waals surface area contributed by atoms with Crippen molar-refractivity contribution in [2.75, 3.05) is 6.54 Å². The van der Waals surface area contributed by atoms with Crippen LogP contribution in [-0.4, -0.2) is 12.5 Å². The zero-order valence-electron chi connectivity index (χ0n) is 11.2. The van der Waals surface area contributed by atoms with E-state index in [4.69, 9.17) is 0 Å². The maximum Gasteiger partial charge on any atom is 0.251 e. The molecule has 1 fully saturated rings. The van der Waals surface area contributed by atoms with E-state index in [9.17, 15) is 4.79 Å². The van der Waals surface area contributed by atoms with Gasteiger partial charge in [-0.15, -0.1) is 0 Å². The summed E-state index contributed by atoms with van der Waals surface area (Å²) in [6, 6.07) is 8.19. The number of hydrogen-bond acceptors (Lipinski definition) is 1. The highest BCUT2D eigenvalue weighted by Gasteiger charge is 2.17. The van der Waals surface area contributed by atoms with Gasteiger partial charge >= 0.3 is 0 Å². The van der Waals surface area contributed by atoms with Gasteiger partial charge < -0.3 is 5.32 Å². The third-order valence-electron chi connectivity index (χ3n) is 3.82. The molecule has 0 atom stereocenters. The minimum absolute atomic E-state index is 0.0569. The number of amides is 1. The van der Waals surface area contributed by atoms with Gasteiger partial charge in [-0.25, -0.2) is 0 Å². The molecule has 2 rings (SSSR count). The Morgan fingerprint density at radius 1 is 1.22 bits per heavy atom. The molecule has 1 aromatic rings. The minimum Gasteiger partial charge on any atom is -0.352 e. The number of hydrogen-bond donors (Lipinski definition) is 1. The average Bonchev–Trinajstić information content (AvgIpc) is 2.93. The van der Waals surface area contributed by atoms with E-state index in [-0.39, 0.29) is 5.91 Å². The fourth-order valence-electron chi connectivity index (χ4n) is 2.65. The van der Waals surface area contributed by atoms with Crippen molar-refractivity contribution < 1.29 is 4.79 Å². The Bertz CT molecular complexity index is 377. The van der Waals surface area contributed by atoms with Crippen molar-refractivity contribution in [3.05, 3.63) is 35.4 Å². The first-order valence-corrected chi connectivity index (χ1v) is 7.19. The predicted octanol–water partition coefficient (Wildman–Crippen LogP) is 3.87. The molecule has 1 aliphatic carbocycles. The summed E-state index contributed by atoms with van der Waals surface area (Å²) in [5.74, 6) is 0.781. The molecule has 0 unspecified atom stereocenters. The van der Waals surface area contributed by atoms with Gasteiger partial charge in [0.1, 0.15) is 0 Å². The molecule has 0 bridgehead atoms. The molecular weight excluding hydrogens is 222 g/mol. The van der Waals surface area contributed by atoms with Crippen LogP contribution in [0.15, 0.2) is 24.3 Å². The van der Waals surface area contributed by atoms with E-state index in [0.29, 0.717) is 0 Å². The van der Waals surface area contributed by atoms with E-state index in [1.807, 2.05) is 12.1 Å². The van der Waals surface area contributed by atoms with Gasteiger partial charge in [-0.1, -0.05) is 38.3 Å². The number of unbranched alkanes of at least 4 members (excludes halogenated alkanes) is 1. The average molecular weight is 245 g/mol. The standard InChI is InChI=1S/C16H23NO/c1-2-3-12-17-16(18)15-10-8-14(9-11-15)13-6-4-5-7-13/h8-11,13H,2-7,12H2,1H3,(H,17,18). The SMILES string of the molecule is CCCCNC(=O)c1ccc(C2CCCC2)cc1. The van der Waals surface area contributed by atoms with Gasteiger partial charge in [0, 0.05) is 12.1 Å². The molecule has 2 nitrogen and oxygen atoms in total. The Labute approximate surface area is 110 Å². The third kappa shape index (κ3) is 3.34. The number of carbonyl (C=O) groups is 1. The first-order chi connectivity index (χ1) is 8.81. The second-order valence-corrected chi connectivity index (χ2v) is 5.21. The van der Waals surface area contributed by atoms with Crippen molar-refractivity contribution in [3.8, 4) is 0 Å². The van der Waals surface area contributed by atoms with Gasteiger partial charge in [0.05, 0.1) is 0 Å². The highest BCUT2D eigenvalue weighted by atomic mass is 16.1. The lowest BCUT2D eigenvalue weighted by Gasteiger charge is -2.10. The van der Waals surface area contributed by atoms with Crippen LogP contribution < -0.4 is 5.32 Å². The van der Waals surface area contributed by atoms with Crippen LogP contribution in [0.4, 0.5) is 0 Å². The van der Waals surface area contributed by atoms with Gasteiger partial charge in [-0.2, -0.15) is 0 Å². The van der Waals surface area contributed by atoms with Crippen molar-refractivity contribution in [1.82, 2.24) is 5.32 Å². The maximum absolute atomic E-state index is 11.8. The van der Waals surface area contributed by atoms with Gasteiger partial charge in [-0.3, -0.25) is 4.79 Å². The molecule has 2 heteroatoms. The summed E-state index contributed by atoms with van der Waals surface area (Å²) in [5, 5.41) is 2.95. The zero-order valence-corrected chi connectivity index (χ0v) is 11.2. The summed E-state index contributed by atoms with van der Waals surface area (Å²) in [6.07, 6.45) is 7.48. The topological polar surface area (TPSA) is 29.1 Å². The van der Waals surface area contributed by atoms with Crippen molar-refractivity contribution >= 4 is 5.91 Å². The quantitative estimate of drug-likeness (QED) is 0.784. The molecule has 0 aliphatic heterocycles. The lowest BCUT2D eigenvalue weighted by Crippen LogP contribution is -2.24. The van der Waals surface area contributed by atoms with Gasteiger partial charge in [0.25, 0.3) is 5.91 Å². The lowest BCUT2D eigenvalue weighted by atomic mass is 9.96. The Morgan fingerprint density at radius 2 is 1.89 bits per heavy atom. The second-order valence-electron chi connectivity index (χ2n) is 5.21. The lowest BCUT2D eigenvalue weighted by molar-refractivity contribution is 0.0953. The van der Waals surface area contributed by atoms with E-state index >= 15 is 0 Å². The van der Waals surface area contributed by atoms with Crippen LogP contribution in [0.1, 0.15) is 67.3 Å². The molecule has 1 N–H and O–H groups in total. The summed E-state index contributed by atoms with van der Waals surface area (Å²) in [4.78, 5) is 11.8. The van der Waals surface area contributed by atoms with Crippen LogP contribution in [-0.2, 0) is 0 Å². The Hall–Kier alpha value is -1.31. The largest absolute Gasteiger partial charge is 0.352 e. The minimum atomic E-state index is 0.0569. The zero-order chi connectivity index (χ0) is 12.8. The van der Waals surface area contributed by atoms with Crippen LogP contribution in [0.5, 0.6) is 0 Å². The molecular formula is C16H23NO. The highest BCUT2D eigenvalue weighted by Crippen LogP contribution is 2.33. The van der Waals surface area contributed by atoms with Crippen LogP contribution >= 0.6 is 0 Å². The summed E-state index contributed by atoms with van der Waals surface area (Å²) in [6.45, 7) is 2.91. The Morgan fingerprint density at radius 3 is 2.50 bits per heavy atom. The van der Waals surface area contributed by atoms with Crippen LogP contribution in [0, 0.1) is 0 Å². The monoisotopic (exact) mass is 245 g/mol. The summed E-state index contributed by atoms with van der Waals surface area (Å²) >= 11 is 0. The normalized spacial score (nSPS) is 15.8. The molecule has 0 radical (unpaired) electrons. The Balaban J connectivity index is 1.92. The third-order valence-corrected chi connectivity index (χ3v) is 3.82. The van der Waals surface area contributed by atoms with Crippen LogP contribution in [0.2, 0.25) is 0 Å². The van der Waals surface area contributed by atoms with Crippen LogP contribution in [0.3, 0.4) is 0 Å². The molecule has 1 amide bonds. The second kappa shape index (κ2) is 6.58. The van der Waals surface area contributed by atoms with E-state index in [1.165, 1.54) is 31.2 Å². The smallest absolute Gasteiger partial charge is 0.251 e. The van der Waals surface area contributed by atoms with Gasteiger partial charge in [0.2, 0.25) is 0 Å². The molecule has 1 aromatic carbocycles. The van der Waals surface area contributed by atoms with E-state index in [2.05, 4.69) is 24.4 Å². The predicted molar refractivity (Wildman–Crippen MR) is 74.9 cm³/mol. The molecule has 0 aromatic heterocycles. The first-order valence-electron chi connectivity index (χ1n) is 7.19. The van der Waals surface area contributed by atoms with Crippen LogP contribution in [0.25, 0.3) is 0 Å². The molecule has 1 aliphatic rings. The molecule has 0 heterocycles. The number of nitrogens with one attached hydrogen (secondary N) is 1. The fraction of sp³-hybridized carbons (Fsp3) is 0.562. The van der Waals surface area contributed by atoms with Crippen molar-refractivity contribution in [2.24, 2.45) is 0 Å². The van der Waals surface area contributed by atoms with Crippen molar-refractivity contribution in [3.63, 3.8) is 0 Å². The van der Waals surface area contributed by atoms with Gasteiger partial charge in [-0.05, 0) is 42.9 Å². The number of benzene rings is 1. The fourth-order valence-corrected chi connectivity index (χ4v) is 2.65. The number of rotatable bonds is 5. The summed E-state index contributed by atoms with van der Waals surface area (Å²) < 4.78 is 0. The molecule has 18 heavy (non-hydrogen) atoms. The molecule has 0 saturated heterocycles. The number of carbonyl (C=O) groups excluding carboxylic acids is 1. The van der Waals surface area contributed by atoms with E-state index < -0.39 is 0 Å².